The van der Waals surface area contributed by atoms with E-state index in [0.29, 0.717) is 61.8 Å². The van der Waals surface area contributed by atoms with Gasteiger partial charge in [0.25, 0.3) is 0 Å². The Morgan fingerprint density at radius 2 is 1.89 bits per heavy atom. The Morgan fingerprint density at radius 3 is 2.60 bits per heavy atom. The van der Waals surface area contributed by atoms with Crippen molar-refractivity contribution in [2.75, 3.05) is 42.4 Å². The van der Waals surface area contributed by atoms with Gasteiger partial charge >= 0.3 is 12.1 Å². The normalized spacial score (nSPS) is 17.0. The smallest absolute Gasteiger partial charge is 0.410 e. The number of carbonyl (C=O) groups is 2. The molecular weight excluding hydrogens is 577 g/mol. The highest BCUT2D eigenvalue weighted by molar-refractivity contribution is 6.07. The average Bonchev–Trinajstić information content (AvgIpc) is 3.25. The summed E-state index contributed by atoms with van der Waals surface area (Å²) < 4.78 is 31.7. The van der Waals surface area contributed by atoms with E-state index < -0.39 is 11.4 Å². The van der Waals surface area contributed by atoms with Crippen LogP contribution >= 0.6 is 0 Å². The van der Waals surface area contributed by atoms with Gasteiger partial charge in [-0.1, -0.05) is 12.1 Å². The summed E-state index contributed by atoms with van der Waals surface area (Å²) >= 11 is 0. The third kappa shape index (κ3) is 7.08. The van der Waals surface area contributed by atoms with E-state index >= 15 is 4.39 Å². The lowest BCUT2D eigenvalue weighted by Gasteiger charge is -2.41. The molecule has 2 aromatic carbocycles. The van der Waals surface area contributed by atoms with Gasteiger partial charge in [-0.2, -0.15) is 0 Å². The first-order valence-electron chi connectivity index (χ1n) is 15.3. The first-order chi connectivity index (χ1) is 21.5. The molecule has 0 saturated carbocycles. The van der Waals surface area contributed by atoms with E-state index in [1.165, 1.54) is 11.0 Å². The molecule has 10 nitrogen and oxygen atoms in total. The van der Waals surface area contributed by atoms with Crippen LogP contribution in [0.15, 0.2) is 48.7 Å². The van der Waals surface area contributed by atoms with Gasteiger partial charge in [-0.3, -0.25) is 9.80 Å². The fraction of sp³-hybridized carbons (Fsp3) is 0.441. The van der Waals surface area contributed by atoms with Crippen LogP contribution < -0.4 is 24.6 Å². The van der Waals surface area contributed by atoms with Crippen molar-refractivity contribution in [3.8, 4) is 11.5 Å². The van der Waals surface area contributed by atoms with Crippen molar-refractivity contribution in [2.45, 2.75) is 71.7 Å². The standard InChI is InChI=1S/C34H42FN5O5/c1-22-9-7-11-27(35)31(22)39-21-24-20-37-30(36-19-23-12-13-26(43-5)17-29(23)44-6)18-28(24)40(32(39)41)25-10-8-15-38(16-14-25)33(42)45-34(2,3)4/h7,9,11-13,17-18,20,25H,8,10,14-16,19,21H2,1-6H3,(H,36,37)/t25-/m1/s1. The van der Waals surface area contributed by atoms with Gasteiger partial charge < -0.3 is 24.4 Å². The van der Waals surface area contributed by atoms with Crippen LogP contribution in [0.2, 0.25) is 0 Å². The number of hydrogen-bond acceptors (Lipinski definition) is 7. The largest absolute Gasteiger partial charge is 0.497 e. The van der Waals surface area contributed by atoms with Crippen molar-refractivity contribution in [2.24, 2.45) is 0 Å². The molecule has 0 unspecified atom stereocenters. The molecule has 0 aliphatic carbocycles. The van der Waals surface area contributed by atoms with Crippen molar-refractivity contribution in [1.82, 2.24) is 9.88 Å². The van der Waals surface area contributed by atoms with Gasteiger partial charge in [-0.05, 0) is 70.7 Å². The lowest BCUT2D eigenvalue weighted by Crippen LogP contribution is -2.52. The molecule has 3 heterocycles. The molecule has 2 aliphatic heterocycles. The van der Waals surface area contributed by atoms with Crippen LogP contribution in [0.25, 0.3) is 0 Å². The number of likely N-dealkylation sites (tertiary alicyclic amines) is 1. The zero-order valence-corrected chi connectivity index (χ0v) is 26.9. The summed E-state index contributed by atoms with van der Waals surface area (Å²) in [7, 11) is 3.22. The number of nitrogens with one attached hydrogen (secondary N) is 1. The number of hydrogen-bond donors (Lipinski definition) is 1. The highest BCUT2D eigenvalue weighted by Crippen LogP contribution is 2.38. The van der Waals surface area contributed by atoms with Crippen molar-refractivity contribution in [1.29, 1.82) is 0 Å². The zero-order valence-electron chi connectivity index (χ0n) is 26.9. The lowest BCUT2D eigenvalue weighted by molar-refractivity contribution is 0.0256. The predicted octanol–water partition coefficient (Wildman–Crippen LogP) is 6.89. The number of urea groups is 1. The van der Waals surface area contributed by atoms with E-state index in [0.717, 1.165) is 16.8 Å². The highest BCUT2D eigenvalue weighted by atomic mass is 19.1. The van der Waals surface area contributed by atoms with E-state index in [1.807, 2.05) is 45.0 Å². The number of ether oxygens (including phenoxy) is 3. The number of anilines is 3. The molecule has 11 heteroatoms. The maximum absolute atomic E-state index is 15.2. The molecule has 45 heavy (non-hydrogen) atoms. The zero-order chi connectivity index (χ0) is 32.3. The molecule has 240 valence electrons. The third-order valence-corrected chi connectivity index (χ3v) is 8.11. The third-order valence-electron chi connectivity index (χ3n) is 8.11. The van der Waals surface area contributed by atoms with Crippen LogP contribution in [0.5, 0.6) is 11.5 Å². The molecular formula is C34H42FN5O5. The van der Waals surface area contributed by atoms with Gasteiger partial charge in [0, 0.05) is 55.1 Å². The van der Waals surface area contributed by atoms with E-state index in [9.17, 15) is 9.59 Å². The van der Waals surface area contributed by atoms with Crippen LogP contribution in [-0.2, 0) is 17.8 Å². The summed E-state index contributed by atoms with van der Waals surface area (Å²) in [5.41, 5.74) is 2.77. The quantitative estimate of drug-likeness (QED) is 0.308. The van der Waals surface area contributed by atoms with Crippen molar-refractivity contribution >= 4 is 29.3 Å². The molecule has 2 aliphatic rings. The number of rotatable bonds is 7. The number of benzene rings is 2. The summed E-state index contributed by atoms with van der Waals surface area (Å²) in [6.45, 7) is 8.92. The van der Waals surface area contributed by atoms with Gasteiger partial charge in [0.1, 0.15) is 28.7 Å². The van der Waals surface area contributed by atoms with Crippen molar-refractivity contribution in [3.05, 3.63) is 71.2 Å². The number of para-hydroxylation sites is 1. The molecule has 5 rings (SSSR count). The number of methoxy groups -OCH3 is 2. The van der Waals surface area contributed by atoms with Crippen LogP contribution in [0.3, 0.4) is 0 Å². The molecule has 1 fully saturated rings. The molecule has 1 N–H and O–H groups in total. The second kappa shape index (κ2) is 13.2. The summed E-state index contributed by atoms with van der Waals surface area (Å²) in [6, 6.07) is 11.8. The van der Waals surface area contributed by atoms with Crippen LogP contribution in [0.1, 0.15) is 56.7 Å². The Kier molecular flexibility index (Phi) is 9.36. The molecule has 0 radical (unpaired) electrons. The molecule has 1 aromatic heterocycles. The second-order valence-electron chi connectivity index (χ2n) is 12.4. The van der Waals surface area contributed by atoms with Crippen molar-refractivity contribution in [3.63, 3.8) is 0 Å². The van der Waals surface area contributed by atoms with E-state index in [1.54, 1.807) is 49.3 Å². The maximum Gasteiger partial charge on any atom is 0.410 e. The minimum atomic E-state index is -0.602. The van der Waals surface area contributed by atoms with E-state index in [-0.39, 0.29) is 30.4 Å². The van der Waals surface area contributed by atoms with Gasteiger partial charge in [0.2, 0.25) is 0 Å². The Labute approximate surface area is 264 Å². The van der Waals surface area contributed by atoms with Gasteiger partial charge in [0.05, 0.1) is 32.1 Å². The summed E-state index contributed by atoms with van der Waals surface area (Å²) in [6.07, 6.45) is 3.29. The van der Waals surface area contributed by atoms with Crippen LogP contribution in [0.4, 0.5) is 31.2 Å². The fourth-order valence-electron chi connectivity index (χ4n) is 5.91. The van der Waals surface area contributed by atoms with Crippen molar-refractivity contribution < 1.29 is 28.2 Å². The first-order valence-corrected chi connectivity index (χ1v) is 15.3. The number of carbonyl (C=O) groups excluding carboxylic acids is 2. The van der Waals surface area contributed by atoms with Crippen LogP contribution in [-0.4, -0.2) is 61.0 Å². The number of halogens is 1. The second-order valence-corrected chi connectivity index (χ2v) is 12.4. The average molecular weight is 620 g/mol. The topological polar surface area (TPSA) is 96.5 Å². The Bertz CT molecular complexity index is 1540. The lowest BCUT2D eigenvalue weighted by atomic mass is 10.0. The van der Waals surface area contributed by atoms with Gasteiger partial charge in [0.15, 0.2) is 0 Å². The summed E-state index contributed by atoms with van der Waals surface area (Å²) in [4.78, 5) is 36.9. The van der Waals surface area contributed by atoms with Gasteiger partial charge in [-0.25, -0.2) is 19.0 Å². The summed E-state index contributed by atoms with van der Waals surface area (Å²) in [5, 5.41) is 3.37. The van der Waals surface area contributed by atoms with Crippen LogP contribution in [0, 0.1) is 12.7 Å². The molecule has 3 aromatic rings. The SMILES string of the molecule is COc1ccc(CNc2cc3c(cn2)CN(c2c(C)cccc2F)C(=O)N3[C@@H]2CCCN(C(=O)OC(C)(C)C)CC2)c(OC)c1. The number of nitrogens with zero attached hydrogens (tertiary/aromatic N) is 4. The minimum Gasteiger partial charge on any atom is -0.497 e. The molecule has 1 atom stereocenters. The molecule has 3 amide bonds. The number of fused-ring (bicyclic) bond motifs is 1. The molecule has 1 saturated heterocycles. The molecule has 0 spiro atoms. The molecule has 0 bridgehead atoms. The summed E-state index contributed by atoms with van der Waals surface area (Å²) in [5.74, 6) is 1.51. The maximum atomic E-state index is 15.2. The Balaban J connectivity index is 1.46. The fourth-order valence-corrected chi connectivity index (χ4v) is 5.91. The van der Waals surface area contributed by atoms with E-state index in [2.05, 4.69) is 10.3 Å². The number of aromatic nitrogens is 1. The Morgan fingerprint density at radius 1 is 1.09 bits per heavy atom. The Hall–Kier alpha value is -4.54. The number of amides is 3. The van der Waals surface area contributed by atoms with E-state index in [4.69, 9.17) is 14.2 Å². The number of aryl methyl sites for hydroxylation is 1. The predicted molar refractivity (Wildman–Crippen MR) is 172 cm³/mol. The first kappa shape index (κ1) is 31.9. The highest BCUT2D eigenvalue weighted by Gasteiger charge is 2.39. The number of pyridine rings is 1. The minimum absolute atomic E-state index is 0.183. The monoisotopic (exact) mass is 619 g/mol. The van der Waals surface area contributed by atoms with Gasteiger partial charge in [-0.15, -0.1) is 0 Å².